The van der Waals surface area contributed by atoms with Crippen molar-refractivity contribution in [3.8, 4) is 0 Å². The lowest BCUT2D eigenvalue weighted by atomic mass is 9.95. The van der Waals surface area contributed by atoms with Crippen molar-refractivity contribution in [1.29, 1.82) is 0 Å². The van der Waals surface area contributed by atoms with Gasteiger partial charge in [0.05, 0.1) is 19.1 Å². The van der Waals surface area contributed by atoms with Gasteiger partial charge in [-0.2, -0.15) is 4.31 Å². The van der Waals surface area contributed by atoms with Crippen molar-refractivity contribution in [2.45, 2.75) is 25.4 Å². The molecule has 2 bridgehead atoms. The van der Waals surface area contributed by atoms with E-state index in [-0.39, 0.29) is 17.9 Å². The minimum Gasteiger partial charge on any atom is -0.454 e. The third-order valence-corrected chi connectivity index (χ3v) is 6.42. The lowest BCUT2D eigenvalue weighted by Crippen LogP contribution is -2.47. The maximum atomic E-state index is 13.0. The Bertz CT molecular complexity index is 890. The molecule has 0 aliphatic carbocycles. The number of amides is 1. The third kappa shape index (κ3) is 3.41. The van der Waals surface area contributed by atoms with Crippen molar-refractivity contribution in [3.05, 3.63) is 42.4 Å². The summed E-state index contributed by atoms with van der Waals surface area (Å²) in [6.07, 6.45) is 8.22. The number of fused-ring (bicyclic) bond motifs is 4. The highest BCUT2D eigenvalue weighted by atomic mass is 32.2. The van der Waals surface area contributed by atoms with Crippen LogP contribution in [-0.4, -0.2) is 65.0 Å². The minimum absolute atomic E-state index is 0.0989. The number of hydrogen-bond donors (Lipinski definition) is 0. The molecular formula is C17H22N4O4S. The van der Waals surface area contributed by atoms with Gasteiger partial charge in [0.2, 0.25) is 10.0 Å². The SMILES string of the molecule is CS(=O)(=O)N1C[C@H]2CC[C@@H](C1)N(C(=O)c1ccc(Cn3ccnc3)o1)C2. The van der Waals surface area contributed by atoms with Crippen molar-refractivity contribution in [2.24, 2.45) is 5.92 Å². The Labute approximate surface area is 152 Å². The molecule has 140 valence electrons. The predicted octanol–water partition coefficient (Wildman–Crippen LogP) is 1.02. The Balaban J connectivity index is 1.51. The van der Waals surface area contributed by atoms with E-state index in [9.17, 15) is 13.2 Å². The minimum atomic E-state index is -3.25. The molecule has 9 heteroatoms. The molecule has 8 nitrogen and oxygen atoms in total. The molecule has 0 spiro atoms. The summed E-state index contributed by atoms with van der Waals surface area (Å²) in [5.74, 6) is 1.00. The summed E-state index contributed by atoms with van der Waals surface area (Å²) in [6.45, 7) is 1.95. The number of sulfonamides is 1. The lowest BCUT2D eigenvalue weighted by Gasteiger charge is -2.35. The maximum absolute atomic E-state index is 13.0. The highest BCUT2D eigenvalue weighted by Gasteiger charge is 2.40. The van der Waals surface area contributed by atoms with Gasteiger partial charge in [0.15, 0.2) is 5.76 Å². The standard InChI is InChI=1S/C17H22N4O4S/c1-26(23,24)20-8-13-2-3-14(10-20)21(9-13)17(22)16-5-4-15(25-16)11-19-7-6-18-12-19/h4-7,12-14H,2-3,8-11H2,1H3/t13-,14+/m1/s1. The van der Waals surface area contributed by atoms with E-state index in [4.69, 9.17) is 4.42 Å². The first kappa shape index (κ1) is 17.3. The van der Waals surface area contributed by atoms with Gasteiger partial charge in [-0.1, -0.05) is 0 Å². The van der Waals surface area contributed by atoms with Gasteiger partial charge >= 0.3 is 0 Å². The largest absolute Gasteiger partial charge is 0.454 e. The molecule has 2 aromatic heterocycles. The zero-order valence-electron chi connectivity index (χ0n) is 14.6. The predicted molar refractivity (Wildman–Crippen MR) is 94.0 cm³/mol. The Kier molecular flexibility index (Phi) is 4.36. The molecule has 0 aromatic carbocycles. The summed E-state index contributed by atoms with van der Waals surface area (Å²) in [5.41, 5.74) is 0. The molecule has 3 fully saturated rings. The average Bonchev–Trinajstić information content (AvgIpc) is 3.18. The highest BCUT2D eigenvalue weighted by molar-refractivity contribution is 7.88. The summed E-state index contributed by atoms with van der Waals surface area (Å²) in [4.78, 5) is 18.7. The van der Waals surface area contributed by atoms with Crippen molar-refractivity contribution in [3.63, 3.8) is 0 Å². The van der Waals surface area contributed by atoms with E-state index < -0.39 is 10.0 Å². The smallest absolute Gasteiger partial charge is 0.289 e. The zero-order chi connectivity index (χ0) is 18.3. The van der Waals surface area contributed by atoms with E-state index in [1.165, 1.54) is 10.6 Å². The van der Waals surface area contributed by atoms with Crippen LogP contribution in [0.5, 0.6) is 0 Å². The second-order valence-corrected chi connectivity index (χ2v) is 9.12. The fourth-order valence-electron chi connectivity index (χ4n) is 3.84. The van der Waals surface area contributed by atoms with Crippen LogP contribution in [0.1, 0.15) is 29.2 Å². The summed E-state index contributed by atoms with van der Waals surface area (Å²) in [7, 11) is -3.25. The molecule has 5 rings (SSSR count). The van der Waals surface area contributed by atoms with Crippen LogP contribution in [0.3, 0.4) is 0 Å². The molecule has 3 aliphatic rings. The number of carbonyl (C=O) groups is 1. The van der Waals surface area contributed by atoms with Crippen LogP contribution in [0.4, 0.5) is 0 Å². The molecule has 3 aliphatic heterocycles. The van der Waals surface area contributed by atoms with E-state index in [1.807, 2.05) is 10.8 Å². The van der Waals surface area contributed by atoms with Crippen LogP contribution >= 0.6 is 0 Å². The number of furan rings is 1. The van der Waals surface area contributed by atoms with Gasteiger partial charge in [0.25, 0.3) is 5.91 Å². The Morgan fingerprint density at radius 3 is 2.85 bits per heavy atom. The van der Waals surface area contributed by atoms with Gasteiger partial charge < -0.3 is 13.9 Å². The maximum Gasteiger partial charge on any atom is 0.289 e. The third-order valence-electron chi connectivity index (χ3n) is 5.18. The van der Waals surface area contributed by atoms with Crippen molar-refractivity contribution >= 4 is 15.9 Å². The first-order valence-electron chi connectivity index (χ1n) is 8.70. The first-order valence-corrected chi connectivity index (χ1v) is 10.6. The summed E-state index contributed by atoms with van der Waals surface area (Å²) < 4.78 is 33.0. The number of carbonyl (C=O) groups excluding carboxylic acids is 1. The van der Waals surface area contributed by atoms with Crippen LogP contribution < -0.4 is 0 Å². The molecule has 1 amide bonds. The van der Waals surface area contributed by atoms with E-state index in [0.29, 0.717) is 37.7 Å². The fraction of sp³-hybridized carbons (Fsp3) is 0.529. The quantitative estimate of drug-likeness (QED) is 0.793. The lowest BCUT2D eigenvalue weighted by molar-refractivity contribution is 0.0554. The molecule has 2 atom stereocenters. The molecule has 0 saturated carbocycles. The Morgan fingerprint density at radius 1 is 1.27 bits per heavy atom. The van der Waals surface area contributed by atoms with Gasteiger partial charge in [-0.3, -0.25) is 4.79 Å². The van der Waals surface area contributed by atoms with E-state index in [0.717, 1.165) is 12.8 Å². The topological polar surface area (TPSA) is 88.7 Å². The van der Waals surface area contributed by atoms with Crippen LogP contribution in [0.15, 0.2) is 35.3 Å². The molecule has 3 saturated heterocycles. The van der Waals surface area contributed by atoms with Gasteiger partial charge in [-0.25, -0.2) is 13.4 Å². The van der Waals surface area contributed by atoms with E-state index >= 15 is 0 Å². The fourth-order valence-corrected chi connectivity index (χ4v) is 4.76. The van der Waals surface area contributed by atoms with Crippen LogP contribution in [0.2, 0.25) is 0 Å². The monoisotopic (exact) mass is 378 g/mol. The van der Waals surface area contributed by atoms with Crippen molar-refractivity contribution in [2.75, 3.05) is 25.9 Å². The zero-order valence-corrected chi connectivity index (χ0v) is 15.4. The van der Waals surface area contributed by atoms with Gasteiger partial charge in [-0.15, -0.1) is 0 Å². The normalized spacial score (nSPS) is 24.0. The van der Waals surface area contributed by atoms with E-state index in [2.05, 4.69) is 4.98 Å². The number of imidazole rings is 1. The second kappa shape index (κ2) is 6.55. The number of hydrogen-bond acceptors (Lipinski definition) is 5. The van der Waals surface area contributed by atoms with E-state index in [1.54, 1.807) is 29.6 Å². The summed E-state index contributed by atoms with van der Waals surface area (Å²) in [6, 6.07) is 3.39. The van der Waals surface area contributed by atoms with Gasteiger partial charge in [0, 0.05) is 38.1 Å². The van der Waals surface area contributed by atoms with Gasteiger partial charge in [0.1, 0.15) is 5.76 Å². The second-order valence-electron chi connectivity index (χ2n) is 7.14. The molecule has 2 aromatic rings. The highest BCUT2D eigenvalue weighted by Crippen LogP contribution is 2.30. The van der Waals surface area contributed by atoms with Crippen LogP contribution in [-0.2, 0) is 16.6 Å². The van der Waals surface area contributed by atoms with Crippen LogP contribution in [0, 0.1) is 5.92 Å². The molecule has 0 unspecified atom stereocenters. The van der Waals surface area contributed by atoms with Crippen molar-refractivity contribution in [1.82, 2.24) is 18.8 Å². The number of aromatic nitrogens is 2. The summed E-state index contributed by atoms with van der Waals surface area (Å²) in [5, 5.41) is 0. The molecule has 26 heavy (non-hydrogen) atoms. The number of piperidine rings is 1. The number of nitrogens with zero attached hydrogens (tertiary/aromatic N) is 4. The van der Waals surface area contributed by atoms with Crippen molar-refractivity contribution < 1.29 is 17.6 Å². The Hall–Kier alpha value is -2.13. The molecule has 0 radical (unpaired) electrons. The first-order chi connectivity index (χ1) is 12.4. The number of rotatable bonds is 4. The molecule has 0 N–H and O–H groups in total. The Morgan fingerprint density at radius 2 is 2.12 bits per heavy atom. The molecule has 5 heterocycles. The van der Waals surface area contributed by atoms with Crippen LogP contribution in [0.25, 0.3) is 0 Å². The summed E-state index contributed by atoms with van der Waals surface area (Å²) >= 11 is 0. The van der Waals surface area contributed by atoms with Gasteiger partial charge in [-0.05, 0) is 30.9 Å². The molecular weight excluding hydrogens is 356 g/mol. The average molecular weight is 378 g/mol.